The molecule has 15 heavy (non-hydrogen) atoms. The Hall–Kier alpha value is -0.770. The average molecular weight is 232 g/mol. The highest BCUT2D eigenvalue weighted by Crippen LogP contribution is 2.22. The zero-order valence-electron chi connectivity index (χ0n) is 9.06. The Kier molecular flexibility index (Phi) is 6.32. The summed E-state index contributed by atoms with van der Waals surface area (Å²) in [5.74, 6) is 0.866. The molecule has 0 spiro atoms. The number of rotatable bonds is 4. The van der Waals surface area contributed by atoms with Crippen molar-refractivity contribution < 1.29 is 9.84 Å². The second kappa shape index (κ2) is 6.67. The maximum atomic E-state index is 8.76. The molecular weight excluding hydrogens is 214 g/mol. The zero-order chi connectivity index (χ0) is 10.6. The molecule has 0 aliphatic carbocycles. The quantitative estimate of drug-likeness (QED) is 0.831. The van der Waals surface area contributed by atoms with Crippen molar-refractivity contribution >= 4 is 12.4 Å². The molecule has 3 nitrogen and oxygen atoms in total. The summed E-state index contributed by atoms with van der Waals surface area (Å²) in [5, 5.41) is 8.76. The Balaban J connectivity index is 0.00000196. The van der Waals surface area contributed by atoms with Gasteiger partial charge in [-0.2, -0.15) is 0 Å². The highest BCUT2D eigenvalue weighted by molar-refractivity contribution is 5.85. The largest absolute Gasteiger partial charge is 0.496 e. The minimum absolute atomic E-state index is 0. The van der Waals surface area contributed by atoms with E-state index in [1.165, 1.54) is 0 Å². The van der Waals surface area contributed by atoms with Gasteiger partial charge >= 0.3 is 0 Å². The number of ether oxygens (including phenoxy) is 1. The summed E-state index contributed by atoms with van der Waals surface area (Å²) in [4.78, 5) is 0. The lowest BCUT2D eigenvalue weighted by Crippen LogP contribution is -2.12. The smallest absolute Gasteiger partial charge is 0.121 e. The SMILES string of the molecule is COc1ccc([C@H](N)CCO)cc1C.Cl. The van der Waals surface area contributed by atoms with Crippen LogP contribution in [-0.2, 0) is 0 Å². The molecule has 0 radical (unpaired) electrons. The minimum atomic E-state index is -0.0930. The third kappa shape index (κ3) is 3.70. The first-order chi connectivity index (χ1) is 6.69. The van der Waals surface area contributed by atoms with Gasteiger partial charge in [0.25, 0.3) is 0 Å². The van der Waals surface area contributed by atoms with E-state index in [2.05, 4.69) is 0 Å². The van der Waals surface area contributed by atoms with E-state index in [9.17, 15) is 0 Å². The van der Waals surface area contributed by atoms with Crippen LogP contribution in [-0.4, -0.2) is 18.8 Å². The fraction of sp³-hybridized carbons (Fsp3) is 0.455. The minimum Gasteiger partial charge on any atom is -0.496 e. The van der Waals surface area contributed by atoms with Crippen LogP contribution in [0.25, 0.3) is 0 Å². The Morgan fingerprint density at radius 3 is 2.60 bits per heavy atom. The third-order valence-electron chi connectivity index (χ3n) is 2.29. The molecule has 3 N–H and O–H groups in total. The molecule has 0 aliphatic heterocycles. The normalized spacial score (nSPS) is 11.7. The van der Waals surface area contributed by atoms with Crippen LogP contribution < -0.4 is 10.5 Å². The Labute approximate surface area is 96.7 Å². The molecular formula is C11H18ClNO2. The summed E-state index contributed by atoms with van der Waals surface area (Å²) in [5.41, 5.74) is 7.97. The molecule has 0 fully saturated rings. The van der Waals surface area contributed by atoms with Gasteiger partial charge in [0.1, 0.15) is 5.75 Å². The molecule has 1 atom stereocenters. The van der Waals surface area contributed by atoms with Crippen molar-refractivity contribution in [1.29, 1.82) is 0 Å². The number of aryl methyl sites for hydroxylation is 1. The van der Waals surface area contributed by atoms with Crippen molar-refractivity contribution in [3.8, 4) is 5.75 Å². The van der Waals surface area contributed by atoms with E-state index in [1.54, 1.807) is 7.11 Å². The topological polar surface area (TPSA) is 55.5 Å². The van der Waals surface area contributed by atoms with Gasteiger partial charge in [-0.3, -0.25) is 0 Å². The van der Waals surface area contributed by atoms with Crippen molar-refractivity contribution in [3.05, 3.63) is 29.3 Å². The second-order valence-corrected chi connectivity index (χ2v) is 3.35. The van der Waals surface area contributed by atoms with Gasteiger partial charge in [-0.25, -0.2) is 0 Å². The molecule has 0 unspecified atom stereocenters. The summed E-state index contributed by atoms with van der Waals surface area (Å²) in [6, 6.07) is 5.75. The molecule has 0 heterocycles. The first kappa shape index (κ1) is 14.2. The first-order valence-corrected chi connectivity index (χ1v) is 4.70. The number of hydrogen-bond acceptors (Lipinski definition) is 3. The van der Waals surface area contributed by atoms with Crippen LogP contribution in [0.3, 0.4) is 0 Å². The molecule has 1 rings (SSSR count). The van der Waals surface area contributed by atoms with Gasteiger partial charge in [0.05, 0.1) is 7.11 Å². The number of benzene rings is 1. The van der Waals surface area contributed by atoms with Gasteiger partial charge in [-0.1, -0.05) is 12.1 Å². The van der Waals surface area contributed by atoms with Crippen LogP contribution in [0.4, 0.5) is 0 Å². The van der Waals surface area contributed by atoms with Crippen LogP contribution in [0, 0.1) is 6.92 Å². The second-order valence-electron chi connectivity index (χ2n) is 3.35. The molecule has 0 saturated heterocycles. The summed E-state index contributed by atoms with van der Waals surface area (Å²) in [6.07, 6.45) is 0.589. The fourth-order valence-electron chi connectivity index (χ4n) is 1.44. The van der Waals surface area contributed by atoms with Crippen LogP contribution in [0.2, 0.25) is 0 Å². The summed E-state index contributed by atoms with van der Waals surface area (Å²) in [7, 11) is 1.65. The number of aliphatic hydroxyl groups is 1. The van der Waals surface area contributed by atoms with Crippen molar-refractivity contribution in [2.45, 2.75) is 19.4 Å². The van der Waals surface area contributed by atoms with Gasteiger partial charge in [0.15, 0.2) is 0 Å². The average Bonchev–Trinajstić information content (AvgIpc) is 2.18. The van der Waals surface area contributed by atoms with E-state index in [-0.39, 0.29) is 25.1 Å². The van der Waals surface area contributed by atoms with Crippen molar-refractivity contribution in [3.63, 3.8) is 0 Å². The van der Waals surface area contributed by atoms with Gasteiger partial charge in [0, 0.05) is 12.6 Å². The van der Waals surface area contributed by atoms with E-state index >= 15 is 0 Å². The zero-order valence-corrected chi connectivity index (χ0v) is 9.88. The fourth-order valence-corrected chi connectivity index (χ4v) is 1.44. The molecule has 0 amide bonds. The van der Waals surface area contributed by atoms with Gasteiger partial charge < -0.3 is 15.6 Å². The lowest BCUT2D eigenvalue weighted by atomic mass is 10.0. The Morgan fingerprint density at radius 1 is 1.47 bits per heavy atom. The lowest BCUT2D eigenvalue weighted by molar-refractivity contribution is 0.276. The first-order valence-electron chi connectivity index (χ1n) is 4.70. The van der Waals surface area contributed by atoms with Gasteiger partial charge in [0.2, 0.25) is 0 Å². The predicted molar refractivity (Wildman–Crippen MR) is 63.6 cm³/mol. The third-order valence-corrected chi connectivity index (χ3v) is 2.29. The Morgan fingerprint density at radius 2 is 2.13 bits per heavy atom. The van der Waals surface area contributed by atoms with Crippen LogP contribution in [0.1, 0.15) is 23.6 Å². The molecule has 1 aromatic carbocycles. The summed E-state index contributed by atoms with van der Waals surface area (Å²) in [6.45, 7) is 2.10. The number of methoxy groups -OCH3 is 1. The van der Waals surface area contributed by atoms with Crippen LogP contribution >= 0.6 is 12.4 Å². The molecule has 0 saturated carbocycles. The Bertz CT molecular complexity index is 305. The van der Waals surface area contributed by atoms with Crippen LogP contribution in [0.15, 0.2) is 18.2 Å². The van der Waals surface area contributed by atoms with E-state index in [4.69, 9.17) is 15.6 Å². The van der Waals surface area contributed by atoms with E-state index < -0.39 is 0 Å². The number of hydrogen-bond donors (Lipinski definition) is 2. The highest BCUT2D eigenvalue weighted by atomic mass is 35.5. The highest BCUT2D eigenvalue weighted by Gasteiger charge is 2.07. The van der Waals surface area contributed by atoms with Crippen molar-refractivity contribution in [2.75, 3.05) is 13.7 Å². The standard InChI is InChI=1S/C11H17NO2.ClH/c1-8-7-9(10(12)5-6-13)3-4-11(8)14-2;/h3-4,7,10,13H,5-6,12H2,1-2H3;1H/t10-;/m1./s1. The maximum Gasteiger partial charge on any atom is 0.121 e. The molecule has 86 valence electrons. The van der Waals surface area contributed by atoms with Gasteiger partial charge in [-0.05, 0) is 30.5 Å². The number of aliphatic hydroxyl groups excluding tert-OH is 1. The molecule has 1 aromatic rings. The monoisotopic (exact) mass is 231 g/mol. The van der Waals surface area contributed by atoms with E-state index in [0.29, 0.717) is 6.42 Å². The van der Waals surface area contributed by atoms with Crippen molar-refractivity contribution in [2.24, 2.45) is 5.73 Å². The molecule has 0 aromatic heterocycles. The lowest BCUT2D eigenvalue weighted by Gasteiger charge is -2.12. The summed E-state index contributed by atoms with van der Waals surface area (Å²) >= 11 is 0. The number of nitrogens with two attached hydrogens (primary N) is 1. The number of halogens is 1. The van der Waals surface area contributed by atoms with Crippen LogP contribution in [0.5, 0.6) is 5.75 Å². The van der Waals surface area contributed by atoms with Gasteiger partial charge in [-0.15, -0.1) is 12.4 Å². The van der Waals surface area contributed by atoms with Crippen molar-refractivity contribution in [1.82, 2.24) is 0 Å². The van der Waals surface area contributed by atoms with E-state index in [0.717, 1.165) is 16.9 Å². The molecule has 4 heteroatoms. The predicted octanol–water partition coefficient (Wildman–Crippen LogP) is 1.81. The maximum absolute atomic E-state index is 8.76. The molecule has 0 aliphatic rings. The van der Waals surface area contributed by atoms with E-state index in [1.807, 2.05) is 25.1 Å². The summed E-state index contributed by atoms with van der Waals surface area (Å²) < 4.78 is 5.15. The molecule has 0 bridgehead atoms.